The number of nitrogens with one attached hydrogen (secondary N) is 1. The molecule has 1 unspecified atom stereocenters. The standard InChI is InChI=1S/C19H27N5O2/c1-12-10-18(22-23(12)13(2)15-4-5-15)21-19(25)17-11-20-24(14(17)3)16-6-8-26-9-7-16/h10-11,13,15-16H,4-9H2,1-3H3,(H,21,22,25). The van der Waals surface area contributed by atoms with Gasteiger partial charge in [0.1, 0.15) is 0 Å². The second-order valence-corrected chi connectivity index (χ2v) is 7.58. The molecule has 1 aliphatic heterocycles. The van der Waals surface area contributed by atoms with Gasteiger partial charge in [-0.1, -0.05) is 0 Å². The molecule has 26 heavy (non-hydrogen) atoms. The van der Waals surface area contributed by atoms with Gasteiger partial charge >= 0.3 is 0 Å². The van der Waals surface area contributed by atoms with Crippen LogP contribution in [0.25, 0.3) is 0 Å². The lowest BCUT2D eigenvalue weighted by Crippen LogP contribution is -2.22. The van der Waals surface area contributed by atoms with Crippen LogP contribution in [-0.4, -0.2) is 38.7 Å². The number of aromatic nitrogens is 4. The summed E-state index contributed by atoms with van der Waals surface area (Å²) in [6.45, 7) is 7.69. The molecule has 3 heterocycles. The summed E-state index contributed by atoms with van der Waals surface area (Å²) in [5.41, 5.74) is 2.59. The van der Waals surface area contributed by atoms with Gasteiger partial charge in [-0.2, -0.15) is 10.2 Å². The highest BCUT2D eigenvalue weighted by Gasteiger charge is 2.30. The number of carbonyl (C=O) groups is 1. The van der Waals surface area contributed by atoms with E-state index in [1.807, 2.05) is 29.3 Å². The second-order valence-electron chi connectivity index (χ2n) is 7.58. The van der Waals surface area contributed by atoms with Gasteiger partial charge in [0.05, 0.1) is 23.8 Å². The van der Waals surface area contributed by atoms with Gasteiger partial charge in [-0.3, -0.25) is 14.2 Å². The van der Waals surface area contributed by atoms with Crippen molar-refractivity contribution in [3.63, 3.8) is 0 Å². The molecule has 0 bridgehead atoms. The third-order valence-electron chi connectivity index (χ3n) is 5.68. The zero-order valence-corrected chi connectivity index (χ0v) is 15.7. The molecule has 1 aliphatic carbocycles. The fourth-order valence-electron chi connectivity index (χ4n) is 3.87. The largest absolute Gasteiger partial charge is 0.381 e. The van der Waals surface area contributed by atoms with Gasteiger partial charge in [0.25, 0.3) is 5.91 Å². The van der Waals surface area contributed by atoms with Crippen LogP contribution in [0.2, 0.25) is 0 Å². The molecule has 2 aliphatic rings. The van der Waals surface area contributed by atoms with Crippen molar-refractivity contribution >= 4 is 11.7 Å². The molecule has 140 valence electrons. The first-order valence-electron chi connectivity index (χ1n) is 9.54. The van der Waals surface area contributed by atoms with E-state index >= 15 is 0 Å². The van der Waals surface area contributed by atoms with Gasteiger partial charge in [-0.15, -0.1) is 0 Å². The molecule has 0 radical (unpaired) electrons. The molecule has 4 rings (SSSR count). The zero-order chi connectivity index (χ0) is 18.3. The van der Waals surface area contributed by atoms with Crippen LogP contribution < -0.4 is 5.32 Å². The Morgan fingerprint density at radius 3 is 2.69 bits per heavy atom. The maximum atomic E-state index is 12.7. The van der Waals surface area contributed by atoms with Crippen LogP contribution in [0.1, 0.15) is 66.4 Å². The summed E-state index contributed by atoms with van der Waals surface area (Å²) in [7, 11) is 0. The number of ether oxygens (including phenoxy) is 1. The summed E-state index contributed by atoms with van der Waals surface area (Å²) < 4.78 is 9.42. The molecule has 1 amide bonds. The van der Waals surface area contributed by atoms with E-state index in [9.17, 15) is 4.79 Å². The number of amides is 1. The quantitative estimate of drug-likeness (QED) is 0.891. The van der Waals surface area contributed by atoms with E-state index in [1.54, 1.807) is 6.20 Å². The lowest BCUT2D eigenvalue weighted by Gasteiger charge is -2.23. The molecule has 0 spiro atoms. The van der Waals surface area contributed by atoms with Gasteiger partial charge < -0.3 is 10.1 Å². The Balaban J connectivity index is 1.48. The molecule has 1 saturated heterocycles. The van der Waals surface area contributed by atoms with Crippen LogP contribution in [0, 0.1) is 19.8 Å². The predicted octanol–water partition coefficient (Wildman–Crippen LogP) is 3.27. The Labute approximate surface area is 153 Å². The highest BCUT2D eigenvalue weighted by atomic mass is 16.5. The Morgan fingerprint density at radius 1 is 1.27 bits per heavy atom. The first-order chi connectivity index (χ1) is 12.5. The molecule has 2 aromatic rings. The number of rotatable bonds is 5. The average molecular weight is 357 g/mol. The summed E-state index contributed by atoms with van der Waals surface area (Å²) in [6, 6.07) is 2.64. The second kappa shape index (κ2) is 6.87. The molecule has 7 heteroatoms. The minimum absolute atomic E-state index is 0.149. The molecular formula is C19H27N5O2. The topological polar surface area (TPSA) is 74.0 Å². The summed E-state index contributed by atoms with van der Waals surface area (Å²) in [6.07, 6.45) is 6.08. The lowest BCUT2D eigenvalue weighted by atomic mass is 10.1. The number of hydrogen-bond acceptors (Lipinski definition) is 4. The van der Waals surface area contributed by atoms with Crippen molar-refractivity contribution in [1.82, 2.24) is 19.6 Å². The van der Waals surface area contributed by atoms with Gasteiger partial charge in [-0.25, -0.2) is 0 Å². The highest BCUT2D eigenvalue weighted by molar-refractivity contribution is 6.04. The van der Waals surface area contributed by atoms with E-state index < -0.39 is 0 Å². The number of hydrogen-bond donors (Lipinski definition) is 1. The zero-order valence-electron chi connectivity index (χ0n) is 15.7. The fraction of sp³-hybridized carbons (Fsp3) is 0.632. The predicted molar refractivity (Wildman–Crippen MR) is 98.4 cm³/mol. The molecule has 0 aromatic carbocycles. The Kier molecular flexibility index (Phi) is 4.56. The first kappa shape index (κ1) is 17.3. The molecule has 1 N–H and O–H groups in total. The maximum absolute atomic E-state index is 12.7. The van der Waals surface area contributed by atoms with Gasteiger partial charge in [0, 0.05) is 30.7 Å². The minimum Gasteiger partial charge on any atom is -0.381 e. The molecule has 2 aromatic heterocycles. The van der Waals surface area contributed by atoms with Crippen molar-refractivity contribution in [3.05, 3.63) is 29.2 Å². The normalized spacial score (nSPS) is 19.5. The molecule has 1 saturated carbocycles. The Bertz CT molecular complexity index is 799. The van der Waals surface area contributed by atoms with E-state index in [2.05, 4.69) is 22.4 Å². The summed E-state index contributed by atoms with van der Waals surface area (Å²) in [5.74, 6) is 1.18. The van der Waals surface area contributed by atoms with Crippen molar-refractivity contribution in [1.29, 1.82) is 0 Å². The van der Waals surface area contributed by atoms with Crippen LogP contribution in [-0.2, 0) is 4.74 Å². The molecule has 2 fully saturated rings. The average Bonchev–Trinajstić information content (AvgIpc) is 3.32. The van der Waals surface area contributed by atoms with Crippen LogP contribution in [0.15, 0.2) is 12.3 Å². The van der Waals surface area contributed by atoms with Gasteiger partial charge in [0.2, 0.25) is 0 Å². The fourth-order valence-corrected chi connectivity index (χ4v) is 3.87. The van der Waals surface area contributed by atoms with Crippen LogP contribution >= 0.6 is 0 Å². The van der Waals surface area contributed by atoms with Crippen molar-refractivity contribution in [2.24, 2.45) is 5.92 Å². The molecule has 7 nitrogen and oxygen atoms in total. The lowest BCUT2D eigenvalue weighted by molar-refractivity contribution is 0.0656. The molecule has 1 atom stereocenters. The summed E-state index contributed by atoms with van der Waals surface area (Å²) in [4.78, 5) is 12.7. The monoisotopic (exact) mass is 357 g/mol. The van der Waals surface area contributed by atoms with Crippen molar-refractivity contribution in [2.75, 3.05) is 18.5 Å². The summed E-state index contributed by atoms with van der Waals surface area (Å²) in [5, 5.41) is 12.0. The van der Waals surface area contributed by atoms with Crippen molar-refractivity contribution in [2.45, 2.75) is 58.5 Å². The highest BCUT2D eigenvalue weighted by Crippen LogP contribution is 2.39. The smallest absolute Gasteiger partial charge is 0.260 e. The van der Waals surface area contributed by atoms with Crippen LogP contribution in [0.3, 0.4) is 0 Å². The number of anilines is 1. The van der Waals surface area contributed by atoms with E-state index in [0.29, 0.717) is 23.5 Å². The third kappa shape index (κ3) is 3.28. The van der Waals surface area contributed by atoms with Gasteiger partial charge in [-0.05, 0) is 52.4 Å². The van der Waals surface area contributed by atoms with Gasteiger partial charge in [0.15, 0.2) is 5.82 Å². The van der Waals surface area contributed by atoms with E-state index in [0.717, 1.165) is 43.4 Å². The van der Waals surface area contributed by atoms with E-state index in [1.165, 1.54) is 12.8 Å². The summed E-state index contributed by atoms with van der Waals surface area (Å²) >= 11 is 0. The Morgan fingerprint density at radius 2 is 2.00 bits per heavy atom. The third-order valence-corrected chi connectivity index (χ3v) is 5.68. The first-order valence-corrected chi connectivity index (χ1v) is 9.54. The number of carbonyl (C=O) groups excluding carboxylic acids is 1. The van der Waals surface area contributed by atoms with Crippen molar-refractivity contribution < 1.29 is 9.53 Å². The minimum atomic E-state index is -0.149. The van der Waals surface area contributed by atoms with Crippen LogP contribution in [0.4, 0.5) is 5.82 Å². The Hall–Kier alpha value is -2.15. The van der Waals surface area contributed by atoms with E-state index in [4.69, 9.17) is 4.74 Å². The van der Waals surface area contributed by atoms with Crippen molar-refractivity contribution in [3.8, 4) is 0 Å². The van der Waals surface area contributed by atoms with Crippen LogP contribution in [0.5, 0.6) is 0 Å². The number of nitrogens with zero attached hydrogens (tertiary/aromatic N) is 4. The maximum Gasteiger partial charge on any atom is 0.260 e. The van der Waals surface area contributed by atoms with E-state index in [-0.39, 0.29) is 5.91 Å². The SMILES string of the molecule is Cc1c(C(=O)Nc2cc(C)n(C(C)C3CC3)n2)cnn1C1CCOCC1. The number of aryl methyl sites for hydroxylation is 1. The molecular weight excluding hydrogens is 330 g/mol.